The maximum absolute atomic E-state index is 12.6. The maximum Gasteiger partial charge on any atom is 0.262 e. The molecule has 0 fully saturated rings. The van der Waals surface area contributed by atoms with Gasteiger partial charge >= 0.3 is 0 Å². The van der Waals surface area contributed by atoms with E-state index in [1.807, 2.05) is 18.3 Å². The Kier molecular flexibility index (Phi) is 2.11. The summed E-state index contributed by atoms with van der Waals surface area (Å²) in [5.41, 5.74) is 4.55. The predicted molar refractivity (Wildman–Crippen MR) is 84.7 cm³/mol. The van der Waals surface area contributed by atoms with Gasteiger partial charge in [0, 0.05) is 23.2 Å². The molecule has 0 unspecified atom stereocenters. The highest BCUT2D eigenvalue weighted by Crippen LogP contribution is 2.26. The fourth-order valence-electron chi connectivity index (χ4n) is 3.51. The standard InChI is InChI=1S/C18H12N2O2/c21-13-6-11-7-16-17-12(9-20(16)18(22)14(11)8-13)5-10-3-1-2-4-15(10)19-17/h2,4-5,7-9H,1,3,6H2. The number of hydrogen-bond acceptors (Lipinski definition) is 3. The van der Waals surface area contributed by atoms with Crippen LogP contribution in [0.5, 0.6) is 0 Å². The van der Waals surface area contributed by atoms with Gasteiger partial charge in [-0.25, -0.2) is 4.98 Å². The molecule has 3 aromatic heterocycles. The first kappa shape index (κ1) is 11.9. The van der Waals surface area contributed by atoms with Crippen molar-refractivity contribution in [3.8, 4) is 0 Å². The minimum Gasteiger partial charge on any atom is -0.294 e. The fraction of sp³-hybridized carbons (Fsp3) is 0.167. The van der Waals surface area contributed by atoms with Crippen LogP contribution in [0.25, 0.3) is 28.6 Å². The molecular weight excluding hydrogens is 276 g/mol. The molecular formula is C18H12N2O2. The number of ketones is 1. The second kappa shape index (κ2) is 3.91. The van der Waals surface area contributed by atoms with E-state index in [-0.39, 0.29) is 11.3 Å². The largest absolute Gasteiger partial charge is 0.294 e. The van der Waals surface area contributed by atoms with Crippen LogP contribution >= 0.6 is 0 Å². The number of nitrogens with zero attached hydrogens (tertiary/aromatic N) is 2. The third-order valence-electron chi connectivity index (χ3n) is 4.57. The van der Waals surface area contributed by atoms with Crippen molar-refractivity contribution < 1.29 is 4.79 Å². The first-order valence-electron chi connectivity index (χ1n) is 7.42. The van der Waals surface area contributed by atoms with Gasteiger partial charge in [0.15, 0.2) is 5.78 Å². The van der Waals surface area contributed by atoms with Crippen LogP contribution in [0.1, 0.15) is 23.2 Å². The van der Waals surface area contributed by atoms with Gasteiger partial charge in [-0.2, -0.15) is 0 Å². The SMILES string of the molecule is O=C1C=c2c(cc3c4nc5c(cc4cn3c2=O)CCC=C5)C1. The number of carbonyl (C=O) groups is 1. The summed E-state index contributed by atoms with van der Waals surface area (Å²) in [7, 11) is 0. The summed E-state index contributed by atoms with van der Waals surface area (Å²) in [6, 6.07) is 4.07. The van der Waals surface area contributed by atoms with Crippen molar-refractivity contribution in [2.75, 3.05) is 0 Å². The van der Waals surface area contributed by atoms with Crippen LogP contribution in [0.4, 0.5) is 0 Å². The van der Waals surface area contributed by atoms with Gasteiger partial charge in [-0.05, 0) is 48.3 Å². The van der Waals surface area contributed by atoms with Gasteiger partial charge in [0.2, 0.25) is 0 Å². The molecule has 2 aliphatic carbocycles. The zero-order valence-electron chi connectivity index (χ0n) is 11.8. The molecule has 4 nitrogen and oxygen atoms in total. The number of hydrogen-bond donors (Lipinski definition) is 0. The van der Waals surface area contributed by atoms with Gasteiger partial charge in [0.1, 0.15) is 0 Å². The van der Waals surface area contributed by atoms with Crippen molar-refractivity contribution in [3.63, 3.8) is 0 Å². The molecule has 0 aromatic carbocycles. The summed E-state index contributed by atoms with van der Waals surface area (Å²) in [4.78, 5) is 28.9. The van der Waals surface area contributed by atoms with Gasteiger partial charge in [-0.3, -0.25) is 14.0 Å². The maximum atomic E-state index is 12.6. The first-order chi connectivity index (χ1) is 10.7. The van der Waals surface area contributed by atoms with Crippen LogP contribution < -0.4 is 10.8 Å². The number of aromatic nitrogens is 2. The molecule has 0 aliphatic heterocycles. The lowest BCUT2D eigenvalue weighted by Crippen LogP contribution is -2.31. The normalized spacial score (nSPS) is 16.1. The Bertz CT molecular complexity index is 1140. The van der Waals surface area contributed by atoms with Crippen LogP contribution in [-0.4, -0.2) is 15.2 Å². The monoisotopic (exact) mass is 288 g/mol. The van der Waals surface area contributed by atoms with E-state index >= 15 is 0 Å². The number of pyridine rings is 2. The summed E-state index contributed by atoms with van der Waals surface area (Å²) < 4.78 is 1.63. The average Bonchev–Trinajstić information content (AvgIpc) is 3.06. The molecule has 22 heavy (non-hydrogen) atoms. The third kappa shape index (κ3) is 1.44. The summed E-state index contributed by atoms with van der Waals surface area (Å²) in [5.74, 6) is -0.00192. The molecule has 4 heteroatoms. The van der Waals surface area contributed by atoms with Crippen LogP contribution in [0.2, 0.25) is 0 Å². The Morgan fingerprint density at radius 2 is 2.05 bits per heavy atom. The molecule has 106 valence electrons. The first-order valence-corrected chi connectivity index (χ1v) is 7.42. The van der Waals surface area contributed by atoms with Gasteiger partial charge in [-0.15, -0.1) is 0 Å². The molecule has 0 saturated heterocycles. The molecule has 0 radical (unpaired) electrons. The number of aryl methyl sites for hydroxylation is 1. The summed E-state index contributed by atoms with van der Waals surface area (Å²) in [5, 5.41) is 1.52. The Morgan fingerprint density at radius 3 is 2.95 bits per heavy atom. The zero-order chi connectivity index (χ0) is 14.8. The second-order valence-corrected chi connectivity index (χ2v) is 5.97. The van der Waals surface area contributed by atoms with Crippen LogP contribution in [0.15, 0.2) is 29.2 Å². The predicted octanol–water partition coefficient (Wildman–Crippen LogP) is 1.43. The fourth-order valence-corrected chi connectivity index (χ4v) is 3.51. The van der Waals surface area contributed by atoms with E-state index in [1.165, 1.54) is 11.6 Å². The van der Waals surface area contributed by atoms with Crippen LogP contribution in [-0.2, 0) is 17.6 Å². The zero-order valence-corrected chi connectivity index (χ0v) is 11.8. The number of carbonyl (C=O) groups excluding carboxylic acids is 1. The van der Waals surface area contributed by atoms with Crippen molar-refractivity contribution in [3.05, 3.63) is 56.8 Å². The Balaban J connectivity index is 1.95. The summed E-state index contributed by atoms with van der Waals surface area (Å²) >= 11 is 0. The number of Topliss-reactive ketones (excluding diaryl/α,β-unsaturated/α-hetero) is 1. The van der Waals surface area contributed by atoms with E-state index in [1.54, 1.807) is 4.40 Å². The van der Waals surface area contributed by atoms with E-state index in [0.29, 0.717) is 11.6 Å². The van der Waals surface area contributed by atoms with Gasteiger partial charge in [0.05, 0.1) is 16.7 Å². The lowest BCUT2D eigenvalue weighted by molar-refractivity contribution is -0.112. The number of allylic oxidation sites excluding steroid dienone is 1. The van der Waals surface area contributed by atoms with Crippen LogP contribution in [0.3, 0.4) is 0 Å². The molecule has 0 bridgehead atoms. The van der Waals surface area contributed by atoms with Gasteiger partial charge in [-0.1, -0.05) is 6.08 Å². The smallest absolute Gasteiger partial charge is 0.262 e. The Labute approximate surface area is 125 Å². The molecule has 3 heterocycles. The summed E-state index contributed by atoms with van der Waals surface area (Å²) in [6.45, 7) is 0. The van der Waals surface area contributed by atoms with Gasteiger partial charge < -0.3 is 0 Å². The van der Waals surface area contributed by atoms with E-state index in [9.17, 15) is 9.59 Å². The lowest BCUT2D eigenvalue weighted by atomic mass is 10.0. The van der Waals surface area contributed by atoms with Crippen molar-refractivity contribution in [2.45, 2.75) is 19.3 Å². The Morgan fingerprint density at radius 1 is 1.14 bits per heavy atom. The summed E-state index contributed by atoms with van der Waals surface area (Å²) in [6.07, 6.45) is 9.82. The van der Waals surface area contributed by atoms with Crippen molar-refractivity contribution in [2.24, 2.45) is 0 Å². The minimum atomic E-state index is -0.120. The van der Waals surface area contributed by atoms with Crippen LogP contribution in [0, 0.1) is 0 Å². The molecule has 0 amide bonds. The average molecular weight is 288 g/mol. The topological polar surface area (TPSA) is 51.4 Å². The second-order valence-electron chi connectivity index (χ2n) is 5.97. The molecule has 5 rings (SSSR count). The quantitative estimate of drug-likeness (QED) is 0.629. The van der Waals surface area contributed by atoms with Gasteiger partial charge in [0.25, 0.3) is 5.56 Å². The third-order valence-corrected chi connectivity index (χ3v) is 4.57. The van der Waals surface area contributed by atoms with E-state index in [0.717, 1.165) is 40.5 Å². The molecule has 3 aromatic rings. The van der Waals surface area contributed by atoms with E-state index in [2.05, 4.69) is 12.1 Å². The lowest BCUT2D eigenvalue weighted by Gasteiger charge is -2.08. The highest BCUT2D eigenvalue weighted by atomic mass is 16.1. The van der Waals surface area contributed by atoms with Crippen molar-refractivity contribution in [1.82, 2.24) is 9.38 Å². The molecule has 0 atom stereocenters. The van der Waals surface area contributed by atoms with Crippen molar-refractivity contribution >= 4 is 34.4 Å². The van der Waals surface area contributed by atoms with E-state index in [4.69, 9.17) is 4.98 Å². The molecule has 2 aliphatic rings. The van der Waals surface area contributed by atoms with Crippen molar-refractivity contribution in [1.29, 1.82) is 0 Å². The highest BCUT2D eigenvalue weighted by Gasteiger charge is 2.18. The van der Waals surface area contributed by atoms with E-state index < -0.39 is 0 Å². The minimum absolute atomic E-state index is 0.00192. The molecule has 0 N–H and O–H groups in total. The Hall–Kier alpha value is -2.75. The number of rotatable bonds is 0. The highest BCUT2D eigenvalue weighted by molar-refractivity contribution is 6.10. The molecule has 0 saturated carbocycles. The number of fused-ring (bicyclic) bond motifs is 5. The molecule has 0 spiro atoms.